The number of ether oxygens (including phenoxy) is 1. The Hall–Kier alpha value is -2.53. The Balaban J connectivity index is 1.79. The molecule has 0 bridgehead atoms. The molecule has 22 heavy (non-hydrogen) atoms. The molecule has 0 fully saturated rings. The maximum atomic E-state index is 5.88. The molecule has 1 aromatic carbocycles. The molecule has 110 valence electrons. The molecule has 0 atom stereocenters. The third kappa shape index (κ3) is 3.77. The molecule has 0 N–H and O–H groups in total. The van der Waals surface area contributed by atoms with Crippen LogP contribution in [0.5, 0.6) is 5.88 Å². The van der Waals surface area contributed by atoms with E-state index in [0.29, 0.717) is 18.9 Å². The van der Waals surface area contributed by atoms with Crippen molar-refractivity contribution in [2.45, 2.75) is 13.0 Å². The van der Waals surface area contributed by atoms with Gasteiger partial charge in [-0.3, -0.25) is 0 Å². The zero-order valence-electron chi connectivity index (χ0n) is 11.7. The van der Waals surface area contributed by atoms with Crippen molar-refractivity contribution in [3.8, 4) is 5.88 Å². The van der Waals surface area contributed by atoms with Crippen LogP contribution in [0.1, 0.15) is 16.7 Å². The zero-order chi connectivity index (χ0) is 15.2. The number of rotatable bonds is 5. The fraction of sp³-hybridized carbons (Fsp3) is 0.125. The van der Waals surface area contributed by atoms with Crippen LogP contribution in [0.3, 0.4) is 0 Å². The minimum atomic E-state index is 0.166. The highest BCUT2D eigenvalue weighted by Gasteiger charge is 2.09. The first kappa shape index (κ1) is 14.4. The highest BCUT2D eigenvalue weighted by atomic mass is 35.5. The molecule has 0 saturated heterocycles. The third-order valence-electron chi connectivity index (χ3n) is 3.05. The normalized spacial score (nSPS) is 10.4. The van der Waals surface area contributed by atoms with Crippen molar-refractivity contribution in [3.05, 3.63) is 77.0 Å². The summed E-state index contributed by atoms with van der Waals surface area (Å²) in [5, 5.41) is 7.80. The second kappa shape index (κ2) is 6.95. The summed E-state index contributed by atoms with van der Waals surface area (Å²) in [7, 11) is 0. The maximum absolute atomic E-state index is 5.88. The van der Waals surface area contributed by atoms with Gasteiger partial charge in [0.1, 0.15) is 6.61 Å². The van der Waals surface area contributed by atoms with Crippen molar-refractivity contribution >= 4 is 11.6 Å². The van der Waals surface area contributed by atoms with Crippen molar-refractivity contribution in [2.24, 2.45) is 0 Å². The SMILES string of the molecule is Clc1ncc(Cc2ccnnc2)c(OCc2ccccc2)n1. The van der Waals surface area contributed by atoms with E-state index in [1.165, 1.54) is 0 Å². The summed E-state index contributed by atoms with van der Waals surface area (Å²) >= 11 is 5.88. The molecular weight excluding hydrogens is 300 g/mol. The molecule has 5 nitrogen and oxygen atoms in total. The van der Waals surface area contributed by atoms with Crippen LogP contribution in [0, 0.1) is 0 Å². The molecule has 0 amide bonds. The minimum Gasteiger partial charge on any atom is -0.472 e. The van der Waals surface area contributed by atoms with Crippen molar-refractivity contribution in [3.63, 3.8) is 0 Å². The van der Waals surface area contributed by atoms with Gasteiger partial charge in [0.25, 0.3) is 0 Å². The van der Waals surface area contributed by atoms with Gasteiger partial charge in [0.05, 0.1) is 6.20 Å². The highest BCUT2D eigenvalue weighted by Crippen LogP contribution is 2.21. The zero-order valence-corrected chi connectivity index (χ0v) is 12.4. The molecule has 0 aliphatic rings. The molecule has 0 unspecified atom stereocenters. The lowest BCUT2D eigenvalue weighted by Crippen LogP contribution is -2.03. The van der Waals surface area contributed by atoms with Gasteiger partial charge in [0.15, 0.2) is 0 Å². The van der Waals surface area contributed by atoms with Gasteiger partial charge in [-0.2, -0.15) is 15.2 Å². The lowest BCUT2D eigenvalue weighted by Gasteiger charge is -2.10. The number of benzene rings is 1. The van der Waals surface area contributed by atoms with Gasteiger partial charge in [-0.25, -0.2) is 4.98 Å². The van der Waals surface area contributed by atoms with E-state index in [-0.39, 0.29) is 5.28 Å². The number of hydrogen-bond donors (Lipinski definition) is 0. The van der Waals surface area contributed by atoms with Crippen molar-refractivity contribution in [1.82, 2.24) is 20.2 Å². The van der Waals surface area contributed by atoms with Crippen molar-refractivity contribution in [2.75, 3.05) is 0 Å². The van der Waals surface area contributed by atoms with Crippen LogP contribution in [0.25, 0.3) is 0 Å². The summed E-state index contributed by atoms with van der Waals surface area (Å²) in [6.45, 7) is 0.426. The Kier molecular flexibility index (Phi) is 4.56. The summed E-state index contributed by atoms with van der Waals surface area (Å²) in [6.07, 6.45) is 5.64. The van der Waals surface area contributed by atoms with Gasteiger partial charge in [-0.05, 0) is 28.8 Å². The Morgan fingerprint density at radius 3 is 2.59 bits per heavy atom. The van der Waals surface area contributed by atoms with Crippen LogP contribution in [-0.4, -0.2) is 20.2 Å². The summed E-state index contributed by atoms with van der Waals surface area (Å²) in [5.74, 6) is 0.487. The molecule has 0 spiro atoms. The molecule has 0 aliphatic carbocycles. The second-order valence-electron chi connectivity index (χ2n) is 4.67. The van der Waals surface area contributed by atoms with Gasteiger partial charge in [-0.15, -0.1) is 0 Å². The number of hydrogen-bond acceptors (Lipinski definition) is 5. The summed E-state index contributed by atoms with van der Waals surface area (Å²) in [4.78, 5) is 8.21. The second-order valence-corrected chi connectivity index (χ2v) is 5.01. The molecule has 2 aromatic heterocycles. The largest absolute Gasteiger partial charge is 0.472 e. The molecule has 6 heteroatoms. The van der Waals surface area contributed by atoms with E-state index in [1.54, 1.807) is 18.6 Å². The van der Waals surface area contributed by atoms with Gasteiger partial charge >= 0.3 is 0 Å². The first-order valence-electron chi connectivity index (χ1n) is 6.75. The van der Waals surface area contributed by atoms with Gasteiger partial charge in [0, 0.05) is 24.4 Å². The molecule has 3 rings (SSSR count). The monoisotopic (exact) mass is 312 g/mol. The Labute approximate surface area is 133 Å². The Morgan fingerprint density at radius 2 is 1.82 bits per heavy atom. The van der Waals surface area contributed by atoms with E-state index in [0.717, 1.165) is 16.7 Å². The lowest BCUT2D eigenvalue weighted by atomic mass is 10.1. The van der Waals surface area contributed by atoms with Gasteiger partial charge in [0.2, 0.25) is 11.2 Å². The first-order chi connectivity index (χ1) is 10.8. The van der Waals surface area contributed by atoms with Crippen LogP contribution >= 0.6 is 11.6 Å². The predicted octanol–water partition coefficient (Wildman–Crippen LogP) is 3.09. The van der Waals surface area contributed by atoms with Crippen molar-refractivity contribution < 1.29 is 4.74 Å². The molecule has 0 aliphatic heterocycles. The Bertz CT molecular complexity index is 738. The van der Waals surface area contributed by atoms with E-state index >= 15 is 0 Å². The average Bonchev–Trinajstić information content (AvgIpc) is 2.57. The minimum absolute atomic E-state index is 0.166. The summed E-state index contributed by atoms with van der Waals surface area (Å²) in [5.41, 5.74) is 2.92. The Morgan fingerprint density at radius 1 is 0.955 bits per heavy atom. The van der Waals surface area contributed by atoms with Crippen LogP contribution in [0.2, 0.25) is 5.28 Å². The quantitative estimate of drug-likeness (QED) is 0.677. The molecule has 0 saturated carbocycles. The standard InChI is InChI=1S/C16H13ClN4O/c17-16-18-10-14(8-13-6-7-19-20-9-13)15(21-16)22-11-12-4-2-1-3-5-12/h1-7,9-10H,8,11H2. The summed E-state index contributed by atoms with van der Waals surface area (Å²) in [6, 6.07) is 11.8. The van der Waals surface area contributed by atoms with Crippen LogP contribution < -0.4 is 4.74 Å². The lowest BCUT2D eigenvalue weighted by molar-refractivity contribution is 0.290. The van der Waals surface area contributed by atoms with E-state index in [2.05, 4.69) is 20.2 Å². The smallest absolute Gasteiger partial charge is 0.225 e. The van der Waals surface area contributed by atoms with E-state index in [1.807, 2.05) is 36.4 Å². The van der Waals surface area contributed by atoms with E-state index in [9.17, 15) is 0 Å². The fourth-order valence-corrected chi connectivity index (χ4v) is 2.11. The predicted molar refractivity (Wildman–Crippen MR) is 82.7 cm³/mol. The maximum Gasteiger partial charge on any atom is 0.225 e. The third-order valence-corrected chi connectivity index (χ3v) is 3.24. The first-order valence-corrected chi connectivity index (χ1v) is 7.13. The summed E-state index contributed by atoms with van der Waals surface area (Å²) < 4.78 is 5.80. The van der Waals surface area contributed by atoms with E-state index < -0.39 is 0 Å². The topological polar surface area (TPSA) is 60.8 Å². The van der Waals surface area contributed by atoms with Crippen LogP contribution in [0.15, 0.2) is 55.0 Å². The van der Waals surface area contributed by atoms with Crippen LogP contribution in [0.4, 0.5) is 0 Å². The number of halogens is 1. The average molecular weight is 313 g/mol. The van der Waals surface area contributed by atoms with Gasteiger partial charge < -0.3 is 4.74 Å². The van der Waals surface area contributed by atoms with E-state index in [4.69, 9.17) is 16.3 Å². The number of nitrogens with zero attached hydrogens (tertiary/aromatic N) is 4. The molecular formula is C16H13ClN4O. The van der Waals surface area contributed by atoms with Crippen molar-refractivity contribution in [1.29, 1.82) is 0 Å². The molecule has 2 heterocycles. The molecule has 3 aromatic rings. The number of aromatic nitrogens is 4. The van der Waals surface area contributed by atoms with Crippen LogP contribution in [-0.2, 0) is 13.0 Å². The molecule has 0 radical (unpaired) electrons. The van der Waals surface area contributed by atoms with Gasteiger partial charge in [-0.1, -0.05) is 30.3 Å². The fourth-order valence-electron chi connectivity index (χ4n) is 1.99. The highest BCUT2D eigenvalue weighted by molar-refractivity contribution is 6.28.